The van der Waals surface area contributed by atoms with Crippen molar-refractivity contribution in [2.45, 2.75) is 12.5 Å². The molecule has 0 saturated heterocycles. The second-order valence-electron chi connectivity index (χ2n) is 3.77. The number of amides is 2. The van der Waals surface area contributed by atoms with Gasteiger partial charge in [0, 0.05) is 5.69 Å². The number of carboxylic acid groups (broad SMARTS) is 1. The first kappa shape index (κ1) is 14.4. The summed E-state index contributed by atoms with van der Waals surface area (Å²) in [5.74, 6) is -4.19. The van der Waals surface area contributed by atoms with E-state index in [4.69, 9.17) is 16.6 Å². The van der Waals surface area contributed by atoms with Crippen LogP contribution >= 0.6 is 0 Å². The smallest absolute Gasteiger partial charge is 0.326 e. The molecule has 0 aromatic heterocycles. The highest BCUT2D eigenvalue weighted by molar-refractivity contribution is 5.98. The van der Waals surface area contributed by atoms with Crippen molar-refractivity contribution in [3.05, 3.63) is 29.6 Å². The van der Waals surface area contributed by atoms with Gasteiger partial charge in [-0.25, -0.2) is 9.18 Å². The number of nitrogens with two attached hydrogens (primary N) is 2. The van der Waals surface area contributed by atoms with Gasteiger partial charge in [0.25, 0.3) is 5.91 Å². The fourth-order valence-corrected chi connectivity index (χ4v) is 1.35. The Morgan fingerprint density at radius 1 is 1.37 bits per heavy atom. The second-order valence-corrected chi connectivity index (χ2v) is 3.77. The molecule has 6 N–H and O–H groups in total. The molecule has 1 aromatic rings. The highest BCUT2D eigenvalue weighted by Crippen LogP contribution is 2.12. The van der Waals surface area contributed by atoms with E-state index in [1.807, 2.05) is 5.32 Å². The fraction of sp³-hybridized carbons (Fsp3) is 0.182. The van der Waals surface area contributed by atoms with Crippen molar-refractivity contribution in [2.75, 3.05) is 5.73 Å². The number of nitrogen functional groups attached to an aromatic ring is 1. The lowest BCUT2D eigenvalue weighted by atomic mass is 10.1. The Morgan fingerprint density at radius 3 is 2.47 bits per heavy atom. The Bertz CT molecular complexity index is 533. The molecule has 0 bridgehead atoms. The Labute approximate surface area is 107 Å². The molecule has 19 heavy (non-hydrogen) atoms. The van der Waals surface area contributed by atoms with Crippen molar-refractivity contribution in [2.24, 2.45) is 5.73 Å². The molecule has 0 spiro atoms. The number of primary amides is 1. The van der Waals surface area contributed by atoms with Gasteiger partial charge in [-0.1, -0.05) is 0 Å². The van der Waals surface area contributed by atoms with Gasteiger partial charge in [-0.3, -0.25) is 9.59 Å². The van der Waals surface area contributed by atoms with Crippen LogP contribution in [0.15, 0.2) is 18.2 Å². The van der Waals surface area contributed by atoms with E-state index in [0.717, 1.165) is 12.1 Å². The van der Waals surface area contributed by atoms with Gasteiger partial charge in [0.05, 0.1) is 12.0 Å². The molecule has 0 aliphatic heterocycles. The molecule has 0 radical (unpaired) electrons. The number of nitrogens with one attached hydrogen (secondary N) is 1. The summed E-state index contributed by atoms with van der Waals surface area (Å²) in [7, 11) is 0. The maximum atomic E-state index is 13.4. The van der Waals surface area contributed by atoms with E-state index in [1.54, 1.807) is 0 Å². The summed E-state index contributed by atoms with van der Waals surface area (Å²) >= 11 is 0. The van der Waals surface area contributed by atoms with Crippen LogP contribution in [0.5, 0.6) is 0 Å². The van der Waals surface area contributed by atoms with Crippen LogP contribution in [-0.2, 0) is 9.59 Å². The van der Waals surface area contributed by atoms with Crippen LogP contribution in [0.2, 0.25) is 0 Å². The van der Waals surface area contributed by atoms with Crippen LogP contribution in [0.1, 0.15) is 16.8 Å². The number of aliphatic carboxylic acids is 1. The molecule has 1 atom stereocenters. The molecule has 0 heterocycles. The van der Waals surface area contributed by atoms with E-state index in [1.165, 1.54) is 6.07 Å². The first-order chi connectivity index (χ1) is 8.81. The van der Waals surface area contributed by atoms with Gasteiger partial charge in [0.15, 0.2) is 0 Å². The average molecular weight is 269 g/mol. The predicted molar refractivity (Wildman–Crippen MR) is 63.5 cm³/mol. The maximum Gasteiger partial charge on any atom is 0.326 e. The average Bonchev–Trinajstić information content (AvgIpc) is 2.26. The minimum absolute atomic E-state index is 0.126. The monoisotopic (exact) mass is 269 g/mol. The zero-order valence-corrected chi connectivity index (χ0v) is 9.72. The maximum absolute atomic E-state index is 13.4. The molecule has 2 amide bonds. The summed E-state index contributed by atoms with van der Waals surface area (Å²) in [4.78, 5) is 33.1. The molecule has 0 aliphatic rings. The van der Waals surface area contributed by atoms with Gasteiger partial charge in [0.2, 0.25) is 5.91 Å². The number of rotatable bonds is 5. The minimum atomic E-state index is -1.51. The molecule has 102 valence electrons. The summed E-state index contributed by atoms with van der Waals surface area (Å²) in [5, 5.41) is 10.8. The quantitative estimate of drug-likeness (QED) is 0.532. The van der Waals surface area contributed by atoms with E-state index < -0.39 is 36.1 Å². The second kappa shape index (κ2) is 5.80. The normalized spacial score (nSPS) is 11.6. The summed E-state index contributed by atoms with van der Waals surface area (Å²) in [5.41, 5.74) is 9.92. The lowest BCUT2D eigenvalue weighted by molar-refractivity contribution is -0.140. The standard InChI is InChI=1S/C11H12FN3O4/c12-7-3-5(13)1-2-6(7)10(17)15-8(11(18)19)4-9(14)16/h1-3,8H,4,13H2,(H2,14,16)(H,15,17)(H,18,19). The van der Waals surface area contributed by atoms with E-state index in [9.17, 15) is 18.8 Å². The Kier molecular flexibility index (Phi) is 4.41. The summed E-state index contributed by atoms with van der Waals surface area (Å²) in [6, 6.07) is 1.83. The summed E-state index contributed by atoms with van der Waals surface area (Å²) < 4.78 is 13.4. The summed E-state index contributed by atoms with van der Waals surface area (Å²) in [6.45, 7) is 0. The Morgan fingerprint density at radius 2 is 2.00 bits per heavy atom. The van der Waals surface area contributed by atoms with E-state index in [2.05, 4.69) is 0 Å². The van der Waals surface area contributed by atoms with Gasteiger partial charge in [-0.15, -0.1) is 0 Å². The lowest BCUT2D eigenvalue weighted by Gasteiger charge is -2.13. The molecule has 7 nitrogen and oxygen atoms in total. The van der Waals surface area contributed by atoms with Crippen molar-refractivity contribution < 1.29 is 23.9 Å². The number of hydrogen-bond donors (Lipinski definition) is 4. The van der Waals surface area contributed by atoms with Crippen LogP contribution in [-0.4, -0.2) is 28.9 Å². The number of carboxylic acids is 1. The molecule has 0 aliphatic carbocycles. The van der Waals surface area contributed by atoms with Crippen molar-refractivity contribution >= 4 is 23.5 Å². The number of benzene rings is 1. The SMILES string of the molecule is NC(=O)CC(NC(=O)c1ccc(N)cc1F)C(=O)O. The molecule has 1 aromatic carbocycles. The van der Waals surface area contributed by atoms with Gasteiger partial charge in [0.1, 0.15) is 11.9 Å². The number of hydrogen-bond acceptors (Lipinski definition) is 4. The lowest BCUT2D eigenvalue weighted by Crippen LogP contribution is -2.43. The van der Waals surface area contributed by atoms with Crippen LogP contribution < -0.4 is 16.8 Å². The molecule has 0 fully saturated rings. The van der Waals surface area contributed by atoms with Crippen molar-refractivity contribution in [3.63, 3.8) is 0 Å². The van der Waals surface area contributed by atoms with Gasteiger partial charge in [-0.2, -0.15) is 0 Å². The molecular formula is C11H12FN3O4. The van der Waals surface area contributed by atoms with Gasteiger partial charge >= 0.3 is 5.97 Å². The first-order valence-electron chi connectivity index (χ1n) is 5.18. The zero-order chi connectivity index (χ0) is 14.6. The fourth-order valence-electron chi connectivity index (χ4n) is 1.35. The van der Waals surface area contributed by atoms with Crippen LogP contribution in [0.3, 0.4) is 0 Å². The third kappa shape index (κ3) is 3.95. The van der Waals surface area contributed by atoms with Crippen LogP contribution in [0.4, 0.5) is 10.1 Å². The highest BCUT2D eigenvalue weighted by Gasteiger charge is 2.23. The van der Waals surface area contributed by atoms with Gasteiger partial charge in [-0.05, 0) is 18.2 Å². The molecular weight excluding hydrogens is 257 g/mol. The molecule has 1 unspecified atom stereocenters. The van der Waals surface area contributed by atoms with Crippen molar-refractivity contribution in [1.29, 1.82) is 0 Å². The molecule has 8 heteroatoms. The predicted octanol–water partition coefficient (Wildman–Crippen LogP) is -0.534. The number of anilines is 1. The van der Waals surface area contributed by atoms with E-state index in [-0.39, 0.29) is 11.3 Å². The third-order valence-electron chi connectivity index (χ3n) is 2.25. The van der Waals surface area contributed by atoms with Crippen LogP contribution in [0, 0.1) is 5.82 Å². The molecule has 0 saturated carbocycles. The number of halogens is 1. The molecule has 1 rings (SSSR count). The third-order valence-corrected chi connectivity index (χ3v) is 2.25. The van der Waals surface area contributed by atoms with E-state index in [0.29, 0.717) is 0 Å². The largest absolute Gasteiger partial charge is 0.480 e. The topological polar surface area (TPSA) is 136 Å². The first-order valence-corrected chi connectivity index (χ1v) is 5.18. The Hall–Kier alpha value is -2.64. The van der Waals surface area contributed by atoms with E-state index >= 15 is 0 Å². The number of carbonyl (C=O) groups is 3. The highest BCUT2D eigenvalue weighted by atomic mass is 19.1. The summed E-state index contributed by atoms with van der Waals surface area (Å²) in [6.07, 6.45) is -0.586. The zero-order valence-electron chi connectivity index (χ0n) is 9.72. The number of carbonyl (C=O) groups excluding carboxylic acids is 2. The van der Waals surface area contributed by atoms with Gasteiger partial charge < -0.3 is 21.9 Å². The van der Waals surface area contributed by atoms with Crippen LogP contribution in [0.25, 0.3) is 0 Å². The minimum Gasteiger partial charge on any atom is -0.480 e. The van der Waals surface area contributed by atoms with Crippen molar-refractivity contribution in [1.82, 2.24) is 5.32 Å². The Balaban J connectivity index is 2.87. The van der Waals surface area contributed by atoms with Crippen molar-refractivity contribution in [3.8, 4) is 0 Å².